The number of ether oxygens (including phenoxy) is 2. The van der Waals surface area contributed by atoms with Crippen LogP contribution in [0.4, 0.5) is 5.69 Å². The number of fused-ring (bicyclic) bond motifs is 2. The number of amides is 2. The summed E-state index contributed by atoms with van der Waals surface area (Å²) >= 11 is 0. The SMILES string of the molecule is O=C(NCC(=O)N1CCCc2ccccc21)c1ccc2c(c1)OCO2. The van der Waals surface area contributed by atoms with E-state index in [0.29, 0.717) is 23.6 Å². The molecule has 4 rings (SSSR count). The molecule has 2 aromatic rings. The number of hydrogen-bond donors (Lipinski definition) is 1. The molecule has 0 aromatic heterocycles. The molecule has 2 heterocycles. The van der Waals surface area contributed by atoms with E-state index in [9.17, 15) is 9.59 Å². The minimum absolute atomic E-state index is 0.0401. The molecule has 0 saturated heterocycles. The molecule has 0 aliphatic carbocycles. The van der Waals surface area contributed by atoms with Crippen LogP contribution in [0.15, 0.2) is 42.5 Å². The van der Waals surface area contributed by atoms with E-state index in [0.717, 1.165) is 18.5 Å². The largest absolute Gasteiger partial charge is 0.454 e. The van der Waals surface area contributed by atoms with Gasteiger partial charge >= 0.3 is 0 Å². The van der Waals surface area contributed by atoms with Crippen molar-refractivity contribution in [3.05, 3.63) is 53.6 Å². The van der Waals surface area contributed by atoms with Gasteiger partial charge < -0.3 is 19.7 Å². The summed E-state index contributed by atoms with van der Waals surface area (Å²) in [5.41, 5.74) is 2.55. The van der Waals surface area contributed by atoms with Crippen LogP contribution in [0, 0.1) is 0 Å². The molecular weight excluding hydrogens is 320 g/mol. The highest BCUT2D eigenvalue weighted by molar-refractivity contribution is 6.01. The number of rotatable bonds is 3. The third-order valence-electron chi connectivity index (χ3n) is 4.45. The van der Waals surface area contributed by atoms with Gasteiger partial charge in [0.25, 0.3) is 5.91 Å². The monoisotopic (exact) mass is 338 g/mol. The molecule has 0 atom stereocenters. The van der Waals surface area contributed by atoms with Gasteiger partial charge in [-0.2, -0.15) is 0 Å². The zero-order chi connectivity index (χ0) is 17.2. The average molecular weight is 338 g/mol. The third kappa shape index (κ3) is 3.03. The molecule has 0 fully saturated rings. The minimum atomic E-state index is -0.308. The Labute approximate surface area is 145 Å². The number of carbonyl (C=O) groups is 2. The number of para-hydroxylation sites is 1. The third-order valence-corrected chi connectivity index (χ3v) is 4.45. The lowest BCUT2D eigenvalue weighted by Gasteiger charge is -2.29. The Morgan fingerprint density at radius 3 is 2.84 bits per heavy atom. The lowest BCUT2D eigenvalue weighted by atomic mass is 10.0. The molecule has 2 amide bonds. The molecule has 0 saturated carbocycles. The maximum atomic E-state index is 12.6. The standard InChI is InChI=1S/C19H18N2O4/c22-18(21-9-3-5-13-4-1-2-6-15(13)21)11-20-19(23)14-7-8-16-17(10-14)25-12-24-16/h1-2,4,6-8,10H,3,5,9,11-12H2,(H,20,23). The number of nitrogens with one attached hydrogen (secondary N) is 1. The Morgan fingerprint density at radius 2 is 1.92 bits per heavy atom. The summed E-state index contributed by atoms with van der Waals surface area (Å²) in [6.07, 6.45) is 1.91. The van der Waals surface area contributed by atoms with Crippen molar-refractivity contribution in [3.8, 4) is 11.5 Å². The Bertz CT molecular complexity index is 834. The van der Waals surface area contributed by atoms with Crippen molar-refractivity contribution >= 4 is 17.5 Å². The number of aryl methyl sites for hydroxylation is 1. The van der Waals surface area contributed by atoms with E-state index in [1.165, 1.54) is 5.56 Å². The number of benzene rings is 2. The van der Waals surface area contributed by atoms with Crippen LogP contribution < -0.4 is 19.7 Å². The molecule has 128 valence electrons. The van der Waals surface area contributed by atoms with E-state index >= 15 is 0 Å². The fraction of sp³-hybridized carbons (Fsp3) is 0.263. The Kier molecular flexibility index (Phi) is 4.01. The molecule has 0 bridgehead atoms. The molecule has 1 N–H and O–H groups in total. The molecule has 0 radical (unpaired) electrons. The highest BCUT2D eigenvalue weighted by atomic mass is 16.7. The van der Waals surface area contributed by atoms with Gasteiger partial charge in [0.1, 0.15) is 0 Å². The van der Waals surface area contributed by atoms with Crippen molar-refractivity contribution in [2.45, 2.75) is 12.8 Å². The fourth-order valence-corrected chi connectivity index (χ4v) is 3.18. The van der Waals surface area contributed by atoms with Crippen LogP contribution in [0.1, 0.15) is 22.3 Å². The van der Waals surface area contributed by atoms with Crippen LogP contribution in [0.25, 0.3) is 0 Å². The van der Waals surface area contributed by atoms with Crippen molar-refractivity contribution in [3.63, 3.8) is 0 Å². The number of hydrogen-bond acceptors (Lipinski definition) is 4. The van der Waals surface area contributed by atoms with Crippen LogP contribution in [0.2, 0.25) is 0 Å². The molecule has 0 spiro atoms. The smallest absolute Gasteiger partial charge is 0.251 e. The van der Waals surface area contributed by atoms with Crippen molar-refractivity contribution in [2.24, 2.45) is 0 Å². The van der Waals surface area contributed by atoms with Gasteiger partial charge in [-0.05, 0) is 42.7 Å². The quantitative estimate of drug-likeness (QED) is 0.931. The molecular formula is C19H18N2O4. The van der Waals surface area contributed by atoms with E-state index in [4.69, 9.17) is 9.47 Å². The zero-order valence-corrected chi connectivity index (χ0v) is 13.7. The van der Waals surface area contributed by atoms with E-state index in [1.54, 1.807) is 23.1 Å². The second-order valence-corrected chi connectivity index (χ2v) is 6.03. The summed E-state index contributed by atoms with van der Waals surface area (Å²) in [4.78, 5) is 26.6. The molecule has 6 nitrogen and oxygen atoms in total. The van der Waals surface area contributed by atoms with E-state index in [-0.39, 0.29) is 25.2 Å². The molecule has 2 aliphatic rings. The van der Waals surface area contributed by atoms with Gasteiger partial charge in [0.15, 0.2) is 11.5 Å². The first kappa shape index (κ1) is 15.5. The van der Waals surface area contributed by atoms with Crippen molar-refractivity contribution in [1.82, 2.24) is 5.32 Å². The molecule has 6 heteroatoms. The van der Waals surface area contributed by atoms with Gasteiger partial charge in [-0.25, -0.2) is 0 Å². The second-order valence-electron chi connectivity index (χ2n) is 6.03. The highest BCUT2D eigenvalue weighted by Crippen LogP contribution is 2.32. The highest BCUT2D eigenvalue weighted by Gasteiger charge is 2.23. The minimum Gasteiger partial charge on any atom is -0.454 e. The Morgan fingerprint density at radius 1 is 1.08 bits per heavy atom. The van der Waals surface area contributed by atoms with Gasteiger partial charge in [-0.3, -0.25) is 9.59 Å². The van der Waals surface area contributed by atoms with Gasteiger partial charge in [0.05, 0.1) is 6.54 Å². The van der Waals surface area contributed by atoms with Crippen LogP contribution in [0.3, 0.4) is 0 Å². The van der Waals surface area contributed by atoms with Gasteiger partial charge in [-0.1, -0.05) is 18.2 Å². The molecule has 2 aromatic carbocycles. The number of anilines is 1. The second kappa shape index (κ2) is 6.47. The summed E-state index contributed by atoms with van der Waals surface area (Å²) in [7, 11) is 0. The predicted octanol–water partition coefficient (Wildman–Crippen LogP) is 2.12. The molecule has 2 aliphatic heterocycles. The first-order chi connectivity index (χ1) is 12.2. The summed E-state index contributed by atoms with van der Waals surface area (Å²) in [5.74, 6) is 0.750. The molecule has 0 unspecified atom stereocenters. The van der Waals surface area contributed by atoms with Crippen LogP contribution in [0.5, 0.6) is 11.5 Å². The first-order valence-electron chi connectivity index (χ1n) is 8.28. The average Bonchev–Trinajstić information content (AvgIpc) is 3.13. The van der Waals surface area contributed by atoms with Crippen molar-refractivity contribution < 1.29 is 19.1 Å². The van der Waals surface area contributed by atoms with Crippen LogP contribution >= 0.6 is 0 Å². The maximum Gasteiger partial charge on any atom is 0.251 e. The zero-order valence-electron chi connectivity index (χ0n) is 13.7. The van der Waals surface area contributed by atoms with Gasteiger partial charge in [0.2, 0.25) is 12.7 Å². The number of carbonyl (C=O) groups excluding carboxylic acids is 2. The fourth-order valence-electron chi connectivity index (χ4n) is 3.18. The topological polar surface area (TPSA) is 67.9 Å². The van der Waals surface area contributed by atoms with Crippen LogP contribution in [-0.2, 0) is 11.2 Å². The number of nitrogens with zero attached hydrogens (tertiary/aromatic N) is 1. The van der Waals surface area contributed by atoms with E-state index < -0.39 is 0 Å². The van der Waals surface area contributed by atoms with Crippen molar-refractivity contribution in [2.75, 3.05) is 24.8 Å². The maximum absolute atomic E-state index is 12.6. The summed E-state index contributed by atoms with van der Waals surface area (Å²) < 4.78 is 10.5. The van der Waals surface area contributed by atoms with Gasteiger partial charge in [0, 0.05) is 17.8 Å². The van der Waals surface area contributed by atoms with Gasteiger partial charge in [-0.15, -0.1) is 0 Å². The predicted molar refractivity (Wildman–Crippen MR) is 92.0 cm³/mol. The van der Waals surface area contributed by atoms with Crippen molar-refractivity contribution in [1.29, 1.82) is 0 Å². The lowest BCUT2D eigenvalue weighted by molar-refractivity contribution is -0.117. The summed E-state index contributed by atoms with van der Waals surface area (Å²) in [6, 6.07) is 12.9. The normalized spacial score (nSPS) is 14.8. The summed E-state index contributed by atoms with van der Waals surface area (Å²) in [5, 5.41) is 2.69. The van der Waals surface area contributed by atoms with E-state index in [2.05, 4.69) is 5.32 Å². The van der Waals surface area contributed by atoms with Crippen LogP contribution in [-0.4, -0.2) is 31.7 Å². The molecule has 25 heavy (non-hydrogen) atoms. The Balaban J connectivity index is 1.42. The summed E-state index contributed by atoms with van der Waals surface area (Å²) in [6.45, 7) is 0.796. The lowest BCUT2D eigenvalue weighted by Crippen LogP contribution is -2.42. The first-order valence-corrected chi connectivity index (χ1v) is 8.28. The van der Waals surface area contributed by atoms with E-state index in [1.807, 2.05) is 24.3 Å². The Hall–Kier alpha value is -3.02.